The molecule has 5 nitrogen and oxygen atoms in total. The highest BCUT2D eigenvalue weighted by Crippen LogP contribution is 2.37. The predicted molar refractivity (Wildman–Crippen MR) is 146 cm³/mol. The molecule has 1 amide bonds. The second kappa shape index (κ2) is 10.7. The largest absolute Gasteiger partial charge is 0.467 e. The van der Waals surface area contributed by atoms with Gasteiger partial charge < -0.3 is 14.3 Å². The summed E-state index contributed by atoms with van der Waals surface area (Å²) in [5, 5.41) is 12.7. The SMILES string of the molecule is Cc1ccc(-n2c(-c3ccccc3)cc(/C=C(/C#N)C(=O)NCc3ccco3)c2-c2ccccc2)cc1. The fourth-order valence-electron chi connectivity index (χ4n) is 4.29. The Morgan fingerprint density at radius 1 is 0.919 bits per heavy atom. The number of carbonyl (C=O) groups excluding carboxylic acids is 1. The van der Waals surface area contributed by atoms with Gasteiger partial charge in [-0.3, -0.25) is 4.79 Å². The summed E-state index contributed by atoms with van der Waals surface area (Å²) in [5.74, 6) is 0.162. The number of amides is 1. The maximum Gasteiger partial charge on any atom is 0.262 e. The third-order valence-electron chi connectivity index (χ3n) is 6.11. The third kappa shape index (κ3) is 5.14. The van der Waals surface area contributed by atoms with Gasteiger partial charge in [0, 0.05) is 11.3 Å². The monoisotopic (exact) mass is 483 g/mol. The highest BCUT2D eigenvalue weighted by atomic mass is 16.3. The Morgan fingerprint density at radius 2 is 1.59 bits per heavy atom. The number of hydrogen-bond donors (Lipinski definition) is 1. The average Bonchev–Trinajstić information content (AvgIpc) is 3.60. The van der Waals surface area contributed by atoms with Gasteiger partial charge in [0.2, 0.25) is 0 Å². The van der Waals surface area contributed by atoms with Gasteiger partial charge in [-0.25, -0.2) is 0 Å². The van der Waals surface area contributed by atoms with E-state index in [4.69, 9.17) is 4.42 Å². The Balaban J connectivity index is 1.69. The van der Waals surface area contributed by atoms with Crippen LogP contribution in [0.4, 0.5) is 0 Å². The first-order chi connectivity index (χ1) is 18.1. The first kappa shape index (κ1) is 23.7. The van der Waals surface area contributed by atoms with Crippen LogP contribution in [0.25, 0.3) is 34.3 Å². The van der Waals surface area contributed by atoms with E-state index in [0.29, 0.717) is 5.76 Å². The molecule has 0 aliphatic heterocycles. The number of rotatable bonds is 7. The van der Waals surface area contributed by atoms with Crippen LogP contribution in [0.15, 0.2) is 119 Å². The number of furan rings is 1. The Labute approximate surface area is 215 Å². The van der Waals surface area contributed by atoms with E-state index in [1.807, 2.05) is 54.6 Å². The quantitative estimate of drug-likeness (QED) is 0.201. The average molecular weight is 484 g/mol. The molecule has 0 atom stereocenters. The van der Waals surface area contributed by atoms with Crippen molar-refractivity contribution >= 4 is 12.0 Å². The molecule has 2 aromatic heterocycles. The van der Waals surface area contributed by atoms with Crippen molar-refractivity contribution in [1.29, 1.82) is 5.26 Å². The van der Waals surface area contributed by atoms with E-state index in [1.165, 1.54) is 5.56 Å². The van der Waals surface area contributed by atoms with E-state index in [1.54, 1.807) is 24.5 Å². The molecule has 0 fully saturated rings. The zero-order chi connectivity index (χ0) is 25.6. The van der Waals surface area contributed by atoms with Crippen LogP contribution < -0.4 is 5.32 Å². The van der Waals surface area contributed by atoms with Gasteiger partial charge in [0.1, 0.15) is 17.4 Å². The van der Waals surface area contributed by atoms with Crippen molar-refractivity contribution in [3.05, 3.63) is 132 Å². The van der Waals surface area contributed by atoms with Crippen molar-refractivity contribution < 1.29 is 9.21 Å². The second-order valence-corrected chi connectivity index (χ2v) is 8.67. The van der Waals surface area contributed by atoms with Gasteiger partial charge in [0.25, 0.3) is 5.91 Å². The van der Waals surface area contributed by atoms with Crippen molar-refractivity contribution in [2.45, 2.75) is 13.5 Å². The number of carbonyl (C=O) groups is 1. The zero-order valence-corrected chi connectivity index (χ0v) is 20.4. The lowest BCUT2D eigenvalue weighted by molar-refractivity contribution is -0.117. The molecule has 0 radical (unpaired) electrons. The molecule has 0 aliphatic carbocycles. The van der Waals surface area contributed by atoms with Crippen LogP contribution in [0.2, 0.25) is 0 Å². The molecule has 2 heterocycles. The van der Waals surface area contributed by atoms with E-state index >= 15 is 0 Å². The van der Waals surface area contributed by atoms with Gasteiger partial charge in [0.15, 0.2) is 0 Å². The number of benzene rings is 3. The summed E-state index contributed by atoms with van der Waals surface area (Å²) >= 11 is 0. The van der Waals surface area contributed by atoms with Gasteiger partial charge in [-0.15, -0.1) is 0 Å². The minimum atomic E-state index is -0.456. The lowest BCUT2D eigenvalue weighted by atomic mass is 10.0. The second-order valence-electron chi connectivity index (χ2n) is 8.67. The fourth-order valence-corrected chi connectivity index (χ4v) is 4.29. The van der Waals surface area contributed by atoms with Crippen molar-refractivity contribution in [2.75, 3.05) is 0 Å². The molecule has 0 spiro atoms. The summed E-state index contributed by atoms with van der Waals surface area (Å²) in [6.45, 7) is 2.26. The Kier molecular flexibility index (Phi) is 6.82. The minimum absolute atomic E-state index is 0.0180. The number of aryl methyl sites for hydroxylation is 1. The predicted octanol–water partition coefficient (Wildman–Crippen LogP) is 6.94. The van der Waals surface area contributed by atoms with Gasteiger partial charge >= 0.3 is 0 Å². The van der Waals surface area contributed by atoms with Gasteiger partial charge in [-0.2, -0.15) is 5.26 Å². The summed E-state index contributed by atoms with van der Waals surface area (Å²) < 4.78 is 7.48. The van der Waals surface area contributed by atoms with E-state index in [-0.39, 0.29) is 12.1 Å². The van der Waals surface area contributed by atoms with Crippen molar-refractivity contribution in [3.8, 4) is 34.3 Å². The molecule has 0 unspecified atom stereocenters. The molecule has 0 bridgehead atoms. The van der Waals surface area contributed by atoms with Crippen LogP contribution in [-0.4, -0.2) is 10.5 Å². The zero-order valence-electron chi connectivity index (χ0n) is 20.4. The molecule has 37 heavy (non-hydrogen) atoms. The number of nitriles is 1. The number of aromatic nitrogens is 1. The van der Waals surface area contributed by atoms with Crippen LogP contribution in [0.1, 0.15) is 16.9 Å². The number of nitrogens with zero attached hydrogens (tertiary/aromatic N) is 2. The van der Waals surface area contributed by atoms with Crippen LogP contribution in [-0.2, 0) is 11.3 Å². The highest BCUT2D eigenvalue weighted by molar-refractivity contribution is 6.02. The summed E-state index contributed by atoms with van der Waals surface area (Å²) in [5.41, 5.74) is 6.81. The van der Waals surface area contributed by atoms with Crippen LogP contribution in [0.3, 0.4) is 0 Å². The molecule has 5 aromatic rings. The van der Waals surface area contributed by atoms with Gasteiger partial charge in [-0.05, 0) is 54.5 Å². The Bertz CT molecular complexity index is 1570. The minimum Gasteiger partial charge on any atom is -0.467 e. The standard InChI is InChI=1S/C32H25N3O2/c1-23-14-16-28(17-15-23)35-30(24-9-4-2-5-10-24)20-26(31(35)25-11-6-3-7-12-25)19-27(21-33)32(36)34-22-29-13-8-18-37-29/h2-20H,22H2,1H3,(H,34,36)/b27-19-. The molecular formula is C32H25N3O2. The van der Waals surface area contributed by atoms with Crippen molar-refractivity contribution in [1.82, 2.24) is 9.88 Å². The molecule has 0 saturated heterocycles. The van der Waals surface area contributed by atoms with E-state index in [0.717, 1.165) is 33.8 Å². The number of nitrogens with one attached hydrogen (secondary N) is 1. The Hall–Kier alpha value is -5.08. The van der Waals surface area contributed by atoms with Crippen molar-refractivity contribution in [3.63, 3.8) is 0 Å². The maximum absolute atomic E-state index is 12.9. The van der Waals surface area contributed by atoms with Crippen LogP contribution >= 0.6 is 0 Å². The normalized spacial score (nSPS) is 11.2. The van der Waals surface area contributed by atoms with Crippen LogP contribution in [0, 0.1) is 18.3 Å². The Morgan fingerprint density at radius 3 is 2.22 bits per heavy atom. The molecular weight excluding hydrogens is 458 g/mol. The molecule has 180 valence electrons. The molecule has 5 rings (SSSR count). The molecule has 1 N–H and O–H groups in total. The number of hydrogen-bond acceptors (Lipinski definition) is 3. The lowest BCUT2D eigenvalue weighted by Gasteiger charge is -2.15. The maximum atomic E-state index is 12.9. The third-order valence-corrected chi connectivity index (χ3v) is 6.11. The fraction of sp³-hybridized carbons (Fsp3) is 0.0625. The molecule has 0 aliphatic rings. The van der Waals surface area contributed by atoms with E-state index in [2.05, 4.69) is 59.3 Å². The summed E-state index contributed by atoms with van der Waals surface area (Å²) in [4.78, 5) is 12.9. The highest BCUT2D eigenvalue weighted by Gasteiger charge is 2.20. The first-order valence-electron chi connectivity index (χ1n) is 12.0. The molecule has 5 heteroatoms. The topological polar surface area (TPSA) is 71.0 Å². The van der Waals surface area contributed by atoms with Gasteiger partial charge in [-0.1, -0.05) is 78.4 Å². The van der Waals surface area contributed by atoms with Gasteiger partial charge in [0.05, 0.1) is 24.2 Å². The summed E-state index contributed by atoms with van der Waals surface area (Å²) in [6.07, 6.45) is 3.21. The first-order valence-corrected chi connectivity index (χ1v) is 12.0. The lowest BCUT2D eigenvalue weighted by Crippen LogP contribution is -2.23. The summed E-state index contributed by atoms with van der Waals surface area (Å²) in [6, 6.07) is 36.1. The smallest absolute Gasteiger partial charge is 0.262 e. The molecule has 0 saturated carbocycles. The molecule has 3 aromatic carbocycles. The van der Waals surface area contributed by atoms with E-state index < -0.39 is 5.91 Å². The van der Waals surface area contributed by atoms with E-state index in [9.17, 15) is 10.1 Å². The van der Waals surface area contributed by atoms with Crippen molar-refractivity contribution in [2.24, 2.45) is 0 Å². The summed E-state index contributed by atoms with van der Waals surface area (Å²) in [7, 11) is 0. The van der Waals surface area contributed by atoms with Crippen LogP contribution in [0.5, 0.6) is 0 Å².